The number of hydrogen-bond donors (Lipinski definition) is 1. The minimum absolute atomic E-state index is 0.622. The summed E-state index contributed by atoms with van der Waals surface area (Å²) in [5.74, 6) is 0. The zero-order valence-electron chi connectivity index (χ0n) is 11.5. The van der Waals surface area contributed by atoms with E-state index < -0.39 is 19.4 Å². The Bertz CT molecular complexity index is 333. The highest BCUT2D eigenvalue weighted by atomic mass is 14.8. The van der Waals surface area contributed by atoms with E-state index >= 15 is 0 Å². The fourth-order valence-corrected chi connectivity index (χ4v) is 0.835. The van der Waals surface area contributed by atoms with Crippen LogP contribution in [0.5, 0.6) is 0 Å². The van der Waals surface area contributed by atoms with Crippen molar-refractivity contribution in [2.45, 2.75) is 19.3 Å². The van der Waals surface area contributed by atoms with Crippen molar-refractivity contribution in [1.29, 1.82) is 0 Å². The van der Waals surface area contributed by atoms with Crippen LogP contribution >= 0.6 is 0 Å². The van der Waals surface area contributed by atoms with Gasteiger partial charge in [-0.2, -0.15) is 0 Å². The van der Waals surface area contributed by atoms with Gasteiger partial charge in [0.1, 0.15) is 0 Å². The lowest BCUT2D eigenvalue weighted by atomic mass is 10.1. The summed E-state index contributed by atoms with van der Waals surface area (Å²) in [6, 6.07) is 7.23. The Hall–Kier alpha value is -0.820. The van der Waals surface area contributed by atoms with E-state index in [9.17, 15) is 0 Å². The Morgan fingerprint density at radius 2 is 2.36 bits per heavy atom. The van der Waals surface area contributed by atoms with Gasteiger partial charge < -0.3 is 5.32 Å². The molecule has 1 rings (SSSR count). The van der Waals surface area contributed by atoms with Crippen LogP contribution in [0.25, 0.3) is 0 Å². The first-order valence-electron chi connectivity index (χ1n) is 6.07. The maximum Gasteiger partial charge on any atom is 0.0465 e. The Kier molecular flexibility index (Phi) is 1.40. The molecule has 0 bridgehead atoms. The van der Waals surface area contributed by atoms with Gasteiger partial charge in [-0.3, -0.25) is 0 Å². The van der Waals surface area contributed by atoms with Crippen molar-refractivity contribution in [2.24, 2.45) is 0 Å². The average Bonchev–Trinajstić information content (AvgIpc) is 2.14. The number of hydrogen-bond acceptors (Lipinski definition) is 1. The van der Waals surface area contributed by atoms with Crippen molar-refractivity contribution < 1.29 is 6.85 Å². The van der Waals surface area contributed by atoms with E-state index in [1.807, 2.05) is 6.07 Å². The second kappa shape index (κ2) is 4.14. The van der Waals surface area contributed by atoms with E-state index in [1.165, 1.54) is 6.92 Å². The van der Waals surface area contributed by atoms with Crippen LogP contribution in [0.3, 0.4) is 0 Å². The van der Waals surface area contributed by atoms with Crippen molar-refractivity contribution in [2.75, 3.05) is 6.98 Å². The molecule has 0 fully saturated rings. The van der Waals surface area contributed by atoms with Gasteiger partial charge in [0.25, 0.3) is 0 Å². The van der Waals surface area contributed by atoms with Crippen molar-refractivity contribution >= 4 is 0 Å². The van der Waals surface area contributed by atoms with Gasteiger partial charge in [-0.25, -0.2) is 0 Å². The minimum Gasteiger partial charge on any atom is -0.317 e. The molecule has 1 heteroatoms. The van der Waals surface area contributed by atoms with Crippen LogP contribution in [0.15, 0.2) is 30.3 Å². The lowest BCUT2D eigenvalue weighted by molar-refractivity contribution is 0.608. The van der Waals surface area contributed by atoms with Crippen molar-refractivity contribution in [3.8, 4) is 0 Å². The summed E-state index contributed by atoms with van der Waals surface area (Å²) >= 11 is 0. The summed E-state index contributed by atoms with van der Waals surface area (Å²) in [6.07, 6.45) is -0.950. The third-order valence-corrected chi connectivity index (χ3v) is 1.38. The summed E-state index contributed by atoms with van der Waals surface area (Å²) in [7, 11) is 0. The predicted molar refractivity (Wildman–Crippen MR) is 48.7 cm³/mol. The molecule has 60 valence electrons. The molecule has 0 aliphatic heterocycles. The summed E-state index contributed by atoms with van der Waals surface area (Å²) in [5, 5.41) is 2.17. The van der Waals surface area contributed by atoms with Crippen molar-refractivity contribution in [3.05, 3.63) is 35.9 Å². The molecule has 2 unspecified atom stereocenters. The van der Waals surface area contributed by atoms with Crippen LogP contribution in [0.1, 0.15) is 19.3 Å². The van der Waals surface area contributed by atoms with Gasteiger partial charge in [0, 0.05) is 12.9 Å². The highest BCUT2D eigenvalue weighted by Crippen LogP contribution is 2.01. The molecular weight excluding hydrogens is 134 g/mol. The molecule has 0 heterocycles. The second-order valence-corrected chi connectivity index (χ2v) is 2.36. The van der Waals surface area contributed by atoms with E-state index in [1.54, 1.807) is 24.3 Å². The van der Waals surface area contributed by atoms with Crippen LogP contribution in [0, 0.1) is 0 Å². The molecule has 0 spiro atoms. The van der Waals surface area contributed by atoms with Crippen molar-refractivity contribution in [1.82, 2.24) is 5.32 Å². The summed E-state index contributed by atoms with van der Waals surface area (Å²) in [4.78, 5) is 0. The molecule has 0 saturated carbocycles. The van der Waals surface area contributed by atoms with Gasteiger partial charge in [0.15, 0.2) is 0 Å². The molecule has 0 amide bonds. The van der Waals surface area contributed by atoms with Crippen LogP contribution in [0.2, 0.25) is 0 Å². The fraction of sp³-hybridized carbons (Fsp3) is 0.400. The maximum atomic E-state index is 7.90. The van der Waals surface area contributed by atoms with Gasteiger partial charge in [-0.15, -0.1) is 0 Å². The van der Waals surface area contributed by atoms with Crippen molar-refractivity contribution in [3.63, 3.8) is 0 Å². The molecule has 0 saturated heterocycles. The molecule has 2 atom stereocenters. The largest absolute Gasteiger partial charge is 0.317 e. The topological polar surface area (TPSA) is 12.0 Å². The van der Waals surface area contributed by atoms with Gasteiger partial charge in [0.05, 0.1) is 0 Å². The lowest BCUT2D eigenvalue weighted by Crippen LogP contribution is -2.23. The zero-order chi connectivity index (χ0) is 12.4. The van der Waals surface area contributed by atoms with E-state index in [2.05, 4.69) is 5.32 Å². The maximum absolute atomic E-state index is 7.90. The summed E-state index contributed by atoms with van der Waals surface area (Å²) in [5.41, 5.74) is 0.622. The standard InChI is InChI=1S/C10H15N/c1-9(11-2)8-10-6-4-3-5-7-10/h3-7,9,11H,8H2,1-2H3/i2D3,8D,9D. The van der Waals surface area contributed by atoms with E-state index in [4.69, 9.17) is 6.85 Å². The summed E-state index contributed by atoms with van der Waals surface area (Å²) < 4.78 is 36.9. The SMILES string of the molecule is [2H]C(c1ccccc1)C([2H])(C)NC([2H])([2H])[2H]. The first-order chi connectivity index (χ1) is 7.22. The Balaban J connectivity index is 2.84. The number of likely N-dealkylation sites (N-methyl/N-ethyl adjacent to an activating group) is 1. The first-order valence-corrected chi connectivity index (χ1v) is 3.49. The van der Waals surface area contributed by atoms with Crippen LogP contribution in [0.4, 0.5) is 0 Å². The first kappa shape index (κ1) is 3.72. The number of benzene rings is 1. The predicted octanol–water partition coefficient (Wildman–Crippen LogP) is 1.84. The van der Waals surface area contributed by atoms with E-state index in [-0.39, 0.29) is 0 Å². The van der Waals surface area contributed by atoms with Gasteiger partial charge in [-0.1, -0.05) is 30.3 Å². The molecule has 11 heavy (non-hydrogen) atoms. The number of nitrogens with one attached hydrogen (secondary N) is 1. The highest BCUT2D eigenvalue weighted by Gasteiger charge is 1.97. The van der Waals surface area contributed by atoms with Crippen LogP contribution < -0.4 is 5.32 Å². The molecule has 1 nitrogen and oxygen atoms in total. The normalized spacial score (nSPS) is 26.5. The molecule has 1 aromatic carbocycles. The lowest BCUT2D eigenvalue weighted by Gasteiger charge is -2.08. The molecule has 0 aliphatic carbocycles. The zero-order valence-corrected chi connectivity index (χ0v) is 6.46. The monoisotopic (exact) mass is 154 g/mol. The average molecular weight is 154 g/mol. The molecule has 0 aliphatic rings. The third kappa shape index (κ3) is 2.72. The van der Waals surface area contributed by atoms with Gasteiger partial charge >= 0.3 is 0 Å². The minimum atomic E-state index is -2.41. The molecule has 1 N–H and O–H groups in total. The van der Waals surface area contributed by atoms with Gasteiger partial charge in [0.2, 0.25) is 0 Å². The highest BCUT2D eigenvalue weighted by molar-refractivity contribution is 5.15. The van der Waals surface area contributed by atoms with Gasteiger partial charge in [-0.05, 0) is 25.9 Å². The third-order valence-electron chi connectivity index (χ3n) is 1.38. The van der Waals surface area contributed by atoms with Crippen LogP contribution in [-0.2, 0) is 6.40 Å². The Morgan fingerprint density at radius 1 is 1.64 bits per heavy atom. The summed E-state index contributed by atoms with van der Waals surface area (Å²) in [6.45, 7) is -1.02. The molecule has 0 radical (unpaired) electrons. The Morgan fingerprint density at radius 3 is 3.00 bits per heavy atom. The smallest absolute Gasteiger partial charge is 0.0465 e. The molecule has 0 aromatic heterocycles. The van der Waals surface area contributed by atoms with E-state index in [0.29, 0.717) is 5.56 Å². The molecule has 1 aromatic rings. The Labute approximate surface area is 75.5 Å². The second-order valence-electron chi connectivity index (χ2n) is 2.36. The quantitative estimate of drug-likeness (QED) is 0.700. The van der Waals surface area contributed by atoms with Crippen LogP contribution in [-0.4, -0.2) is 13.0 Å². The molecular formula is C10H15N. The number of rotatable bonds is 3. The fourth-order valence-electron chi connectivity index (χ4n) is 0.835. The van der Waals surface area contributed by atoms with E-state index in [0.717, 1.165) is 0 Å².